The van der Waals surface area contributed by atoms with Crippen molar-refractivity contribution < 1.29 is 19.7 Å². The number of carboxylic acid groups (broad SMARTS) is 1. The molecule has 0 amide bonds. The second-order valence-electron chi connectivity index (χ2n) is 4.31. The number of fused-ring (bicyclic) bond motifs is 1. The molecule has 2 heterocycles. The molecule has 1 aromatic carbocycles. The number of aromatic hydroxyl groups is 1. The normalized spacial score (nSPS) is 10.7. The van der Waals surface area contributed by atoms with Crippen LogP contribution in [0, 0.1) is 0 Å². The number of hydrogen-bond donors (Lipinski definition) is 2. The number of benzene rings is 1. The van der Waals surface area contributed by atoms with Gasteiger partial charge in [0.25, 0.3) is 0 Å². The smallest absolute Gasteiger partial charge is 0.354 e. The minimum Gasteiger partial charge on any atom is -0.504 e. The van der Waals surface area contributed by atoms with E-state index in [2.05, 4.69) is 10.1 Å². The molecule has 7 heteroatoms. The van der Waals surface area contributed by atoms with Crippen LogP contribution < -0.4 is 4.74 Å². The lowest BCUT2D eigenvalue weighted by atomic mass is 10.2. The first-order valence-corrected chi connectivity index (χ1v) is 6.06. The average Bonchev–Trinajstić information content (AvgIpc) is 2.91. The summed E-state index contributed by atoms with van der Waals surface area (Å²) in [4.78, 5) is 15.4. The summed E-state index contributed by atoms with van der Waals surface area (Å²) in [5.41, 5.74) is 1.07. The van der Waals surface area contributed by atoms with Crippen LogP contribution in [0.3, 0.4) is 0 Å². The van der Waals surface area contributed by atoms with Gasteiger partial charge in [0.1, 0.15) is 0 Å². The van der Waals surface area contributed by atoms with Gasteiger partial charge in [0.15, 0.2) is 28.7 Å². The molecule has 0 saturated carbocycles. The zero-order chi connectivity index (χ0) is 15.0. The zero-order valence-corrected chi connectivity index (χ0v) is 11.0. The van der Waals surface area contributed by atoms with Crippen molar-refractivity contribution in [1.29, 1.82) is 0 Å². The number of pyridine rings is 1. The second-order valence-corrected chi connectivity index (χ2v) is 4.31. The van der Waals surface area contributed by atoms with Crippen molar-refractivity contribution in [1.82, 2.24) is 14.6 Å². The maximum Gasteiger partial charge on any atom is 0.354 e. The number of aromatic nitrogens is 3. The van der Waals surface area contributed by atoms with Crippen LogP contribution in [0.1, 0.15) is 10.5 Å². The summed E-state index contributed by atoms with van der Waals surface area (Å²) >= 11 is 0. The molecular formula is C14H11N3O4. The molecule has 21 heavy (non-hydrogen) atoms. The summed E-state index contributed by atoms with van der Waals surface area (Å²) < 4.78 is 6.30. The van der Waals surface area contributed by atoms with E-state index in [1.807, 2.05) is 0 Å². The Labute approximate surface area is 119 Å². The number of carbonyl (C=O) groups is 1. The average molecular weight is 285 g/mol. The van der Waals surface area contributed by atoms with Gasteiger partial charge < -0.3 is 14.9 Å². The molecule has 0 bridgehead atoms. The van der Waals surface area contributed by atoms with E-state index in [9.17, 15) is 9.90 Å². The van der Waals surface area contributed by atoms with Crippen molar-refractivity contribution in [2.75, 3.05) is 7.11 Å². The molecule has 0 aliphatic carbocycles. The van der Waals surface area contributed by atoms with Crippen LogP contribution in [0.25, 0.3) is 17.0 Å². The van der Waals surface area contributed by atoms with E-state index >= 15 is 0 Å². The Morgan fingerprint density at radius 3 is 2.81 bits per heavy atom. The summed E-state index contributed by atoms with van der Waals surface area (Å²) in [6.45, 7) is 0. The molecular weight excluding hydrogens is 274 g/mol. The molecule has 0 aliphatic heterocycles. The Hall–Kier alpha value is -3.09. The van der Waals surface area contributed by atoms with Crippen LogP contribution in [0.2, 0.25) is 0 Å². The van der Waals surface area contributed by atoms with Gasteiger partial charge in [-0.2, -0.15) is 0 Å². The van der Waals surface area contributed by atoms with E-state index in [1.165, 1.54) is 23.8 Å². The summed E-state index contributed by atoms with van der Waals surface area (Å²) in [5, 5.41) is 22.9. The van der Waals surface area contributed by atoms with Crippen LogP contribution in [0.15, 0.2) is 36.4 Å². The third-order valence-electron chi connectivity index (χ3n) is 3.02. The van der Waals surface area contributed by atoms with E-state index < -0.39 is 5.97 Å². The molecule has 0 radical (unpaired) electrons. The van der Waals surface area contributed by atoms with Gasteiger partial charge in [-0.15, -0.1) is 5.10 Å². The van der Waals surface area contributed by atoms with Gasteiger partial charge in [-0.25, -0.2) is 14.3 Å². The van der Waals surface area contributed by atoms with E-state index in [0.717, 1.165) is 0 Å². The molecule has 0 atom stereocenters. The molecule has 0 saturated heterocycles. The number of rotatable bonds is 3. The Balaban J connectivity index is 2.17. The molecule has 7 nitrogen and oxygen atoms in total. The van der Waals surface area contributed by atoms with Gasteiger partial charge in [0, 0.05) is 5.56 Å². The molecule has 2 N–H and O–H groups in total. The van der Waals surface area contributed by atoms with Crippen molar-refractivity contribution in [2.24, 2.45) is 0 Å². The fraction of sp³-hybridized carbons (Fsp3) is 0.0714. The van der Waals surface area contributed by atoms with Crippen molar-refractivity contribution in [2.45, 2.75) is 0 Å². The molecule has 2 aromatic heterocycles. The largest absolute Gasteiger partial charge is 0.504 e. The Kier molecular flexibility index (Phi) is 2.94. The number of phenolic OH excluding ortho intramolecular Hbond substituents is 1. The maximum atomic E-state index is 11.2. The van der Waals surface area contributed by atoms with Crippen LogP contribution >= 0.6 is 0 Å². The van der Waals surface area contributed by atoms with Gasteiger partial charge in [0.2, 0.25) is 0 Å². The first-order chi connectivity index (χ1) is 10.1. The molecule has 106 valence electrons. The number of carboxylic acids is 1. The van der Waals surface area contributed by atoms with E-state index in [1.54, 1.807) is 24.3 Å². The highest BCUT2D eigenvalue weighted by atomic mass is 16.5. The quantitative estimate of drug-likeness (QED) is 0.761. The third-order valence-corrected chi connectivity index (χ3v) is 3.02. The summed E-state index contributed by atoms with van der Waals surface area (Å²) in [5.74, 6) is -0.427. The van der Waals surface area contributed by atoms with E-state index in [-0.39, 0.29) is 11.4 Å². The van der Waals surface area contributed by atoms with Gasteiger partial charge in [0.05, 0.1) is 7.11 Å². The molecule has 3 rings (SSSR count). The molecule has 3 aromatic rings. The predicted molar refractivity (Wildman–Crippen MR) is 73.6 cm³/mol. The molecule has 0 aliphatic rings. The van der Waals surface area contributed by atoms with Crippen molar-refractivity contribution in [3.63, 3.8) is 0 Å². The number of aromatic carboxylic acids is 1. The fourth-order valence-electron chi connectivity index (χ4n) is 2.01. The van der Waals surface area contributed by atoms with Crippen LogP contribution in [0.5, 0.6) is 11.5 Å². The first kappa shape index (κ1) is 12.9. The molecule has 0 spiro atoms. The van der Waals surface area contributed by atoms with E-state index in [0.29, 0.717) is 22.8 Å². The summed E-state index contributed by atoms with van der Waals surface area (Å²) in [6, 6.07) is 9.41. The lowest BCUT2D eigenvalue weighted by Gasteiger charge is -2.03. The highest BCUT2D eigenvalue weighted by Gasteiger charge is 2.14. The lowest BCUT2D eigenvalue weighted by molar-refractivity contribution is 0.0687. The number of phenols is 1. The van der Waals surface area contributed by atoms with Crippen LogP contribution in [-0.4, -0.2) is 37.9 Å². The highest BCUT2D eigenvalue weighted by molar-refractivity contribution is 5.86. The third kappa shape index (κ3) is 2.14. The maximum absolute atomic E-state index is 11.2. The number of hydrogen-bond acceptors (Lipinski definition) is 5. The van der Waals surface area contributed by atoms with Crippen LogP contribution in [-0.2, 0) is 0 Å². The van der Waals surface area contributed by atoms with Gasteiger partial charge in [-0.1, -0.05) is 6.07 Å². The van der Waals surface area contributed by atoms with Gasteiger partial charge >= 0.3 is 5.97 Å². The number of nitrogens with zero attached hydrogens (tertiary/aromatic N) is 3. The standard InChI is InChI=1S/C14H11N3O4/c1-21-11-7-8(5-6-10(11)18)13-15-12-4-2-3-9(14(19)20)17(12)16-13/h2-7,18H,1H3,(H,19,20). The summed E-state index contributed by atoms with van der Waals surface area (Å²) in [6.07, 6.45) is 0. The fourth-order valence-corrected chi connectivity index (χ4v) is 2.01. The number of methoxy groups -OCH3 is 1. The molecule has 0 fully saturated rings. The van der Waals surface area contributed by atoms with Crippen molar-refractivity contribution >= 4 is 11.6 Å². The Morgan fingerprint density at radius 1 is 1.29 bits per heavy atom. The lowest BCUT2D eigenvalue weighted by Crippen LogP contribution is -2.05. The Bertz CT molecular complexity index is 841. The van der Waals surface area contributed by atoms with Crippen molar-refractivity contribution in [3.8, 4) is 22.9 Å². The number of ether oxygens (including phenoxy) is 1. The van der Waals surface area contributed by atoms with E-state index in [4.69, 9.17) is 9.84 Å². The zero-order valence-electron chi connectivity index (χ0n) is 11.0. The monoisotopic (exact) mass is 285 g/mol. The van der Waals surface area contributed by atoms with Crippen LogP contribution in [0.4, 0.5) is 0 Å². The Morgan fingerprint density at radius 2 is 2.10 bits per heavy atom. The topological polar surface area (TPSA) is 97.0 Å². The van der Waals surface area contributed by atoms with Gasteiger partial charge in [-0.05, 0) is 30.3 Å². The minimum absolute atomic E-state index is 0.0104. The molecule has 0 unspecified atom stereocenters. The predicted octanol–water partition coefficient (Wildman–Crippen LogP) is 1.81. The second kappa shape index (κ2) is 4.78. The minimum atomic E-state index is -1.08. The first-order valence-electron chi connectivity index (χ1n) is 6.06. The summed E-state index contributed by atoms with van der Waals surface area (Å²) in [7, 11) is 1.44. The SMILES string of the molecule is COc1cc(-c2nc3cccc(C(=O)O)n3n2)ccc1O. The highest BCUT2D eigenvalue weighted by Crippen LogP contribution is 2.30. The van der Waals surface area contributed by atoms with Gasteiger partial charge in [-0.3, -0.25) is 0 Å². The van der Waals surface area contributed by atoms with Crippen molar-refractivity contribution in [3.05, 3.63) is 42.1 Å².